The lowest BCUT2D eigenvalue weighted by Gasteiger charge is -2.29. The summed E-state index contributed by atoms with van der Waals surface area (Å²) < 4.78 is 5.61. The molecule has 1 aromatic rings. The van der Waals surface area contributed by atoms with Gasteiger partial charge in [-0.25, -0.2) is 0 Å². The lowest BCUT2D eigenvalue weighted by molar-refractivity contribution is 0.308. The van der Waals surface area contributed by atoms with Crippen molar-refractivity contribution in [3.63, 3.8) is 0 Å². The Hall–Kier alpha value is -1.10. The van der Waals surface area contributed by atoms with Crippen LogP contribution in [-0.2, 0) is 6.54 Å². The van der Waals surface area contributed by atoms with E-state index in [2.05, 4.69) is 34.7 Å². The summed E-state index contributed by atoms with van der Waals surface area (Å²) >= 11 is 0. The molecular formula is C14H26N4O. The fourth-order valence-corrected chi connectivity index (χ4v) is 2.86. The third-order valence-electron chi connectivity index (χ3n) is 3.96. The minimum absolute atomic E-state index is 0.465. The molecule has 0 radical (unpaired) electrons. The Balaban J connectivity index is 1.88. The van der Waals surface area contributed by atoms with Gasteiger partial charge >= 0.3 is 6.01 Å². The summed E-state index contributed by atoms with van der Waals surface area (Å²) in [6.07, 6.45) is 7.86. The third kappa shape index (κ3) is 4.20. The maximum Gasteiger partial charge on any atom is 0.315 e. The number of hydrogen-bond donors (Lipinski definition) is 2. The number of anilines is 1. The van der Waals surface area contributed by atoms with E-state index in [4.69, 9.17) is 4.42 Å². The zero-order chi connectivity index (χ0) is 13.5. The monoisotopic (exact) mass is 266 g/mol. The van der Waals surface area contributed by atoms with Crippen LogP contribution in [0.5, 0.6) is 0 Å². The molecule has 2 rings (SSSR count). The molecule has 1 fully saturated rings. The van der Waals surface area contributed by atoms with Crippen LogP contribution in [0.3, 0.4) is 0 Å². The van der Waals surface area contributed by atoms with Gasteiger partial charge in [0.25, 0.3) is 0 Å². The molecule has 0 amide bonds. The van der Waals surface area contributed by atoms with Crippen LogP contribution < -0.4 is 10.6 Å². The standard InChI is InChI=1S/C14H26N4O/c1-3-12(11-8-6-5-7-9-11)16-14-18-17-13(19-14)10-15-4-2/h11-12,15H,3-10H2,1-2H3,(H,16,18). The van der Waals surface area contributed by atoms with E-state index in [-0.39, 0.29) is 0 Å². The summed E-state index contributed by atoms with van der Waals surface area (Å²) in [7, 11) is 0. The predicted octanol–water partition coefficient (Wildman–Crippen LogP) is 2.95. The second-order valence-electron chi connectivity index (χ2n) is 5.34. The number of hydrogen-bond acceptors (Lipinski definition) is 5. The summed E-state index contributed by atoms with van der Waals surface area (Å²) in [5.41, 5.74) is 0. The highest BCUT2D eigenvalue weighted by atomic mass is 16.4. The van der Waals surface area contributed by atoms with Crippen LogP contribution >= 0.6 is 0 Å². The van der Waals surface area contributed by atoms with Crippen molar-refractivity contribution in [3.05, 3.63) is 5.89 Å². The molecule has 1 unspecified atom stereocenters. The Labute approximate surface area is 115 Å². The molecule has 1 aliphatic rings. The Kier molecular flexibility index (Phi) is 5.63. The van der Waals surface area contributed by atoms with Crippen LogP contribution in [0.15, 0.2) is 4.42 Å². The molecule has 5 nitrogen and oxygen atoms in total. The average Bonchev–Trinajstić information content (AvgIpc) is 2.91. The van der Waals surface area contributed by atoms with Gasteiger partial charge in [-0.2, -0.15) is 0 Å². The molecule has 0 spiro atoms. The van der Waals surface area contributed by atoms with E-state index in [1.165, 1.54) is 32.1 Å². The molecular weight excluding hydrogens is 240 g/mol. The van der Waals surface area contributed by atoms with Crippen LogP contribution in [0.2, 0.25) is 0 Å². The summed E-state index contributed by atoms with van der Waals surface area (Å²) in [6, 6.07) is 1.04. The van der Waals surface area contributed by atoms with Crippen LogP contribution in [0.25, 0.3) is 0 Å². The number of rotatable bonds is 7. The summed E-state index contributed by atoms with van der Waals surface area (Å²) in [5, 5.41) is 14.7. The lowest BCUT2D eigenvalue weighted by Crippen LogP contribution is -2.30. The molecule has 0 aliphatic heterocycles. The maximum absolute atomic E-state index is 5.61. The van der Waals surface area contributed by atoms with E-state index >= 15 is 0 Å². The van der Waals surface area contributed by atoms with Crippen molar-refractivity contribution in [2.24, 2.45) is 5.92 Å². The van der Waals surface area contributed by atoms with Crippen LogP contribution in [0.4, 0.5) is 6.01 Å². The molecule has 1 heterocycles. The smallest absolute Gasteiger partial charge is 0.315 e. The van der Waals surface area contributed by atoms with Gasteiger partial charge in [0, 0.05) is 6.04 Å². The SMILES string of the molecule is CCNCc1nnc(NC(CC)C2CCCCC2)o1. The number of nitrogens with one attached hydrogen (secondary N) is 2. The lowest BCUT2D eigenvalue weighted by atomic mass is 9.83. The van der Waals surface area contributed by atoms with Crippen molar-refractivity contribution in [2.45, 2.75) is 65.0 Å². The molecule has 1 atom stereocenters. The Morgan fingerprint density at radius 3 is 2.68 bits per heavy atom. The topological polar surface area (TPSA) is 63.0 Å². The van der Waals surface area contributed by atoms with E-state index in [0.29, 0.717) is 24.5 Å². The highest BCUT2D eigenvalue weighted by Gasteiger charge is 2.23. The molecule has 19 heavy (non-hydrogen) atoms. The van der Waals surface area contributed by atoms with Gasteiger partial charge in [-0.05, 0) is 31.7 Å². The van der Waals surface area contributed by atoms with Gasteiger partial charge in [0.05, 0.1) is 6.54 Å². The van der Waals surface area contributed by atoms with Crippen molar-refractivity contribution in [2.75, 3.05) is 11.9 Å². The van der Waals surface area contributed by atoms with Crippen molar-refractivity contribution < 1.29 is 4.42 Å². The van der Waals surface area contributed by atoms with Gasteiger partial charge in [-0.3, -0.25) is 0 Å². The van der Waals surface area contributed by atoms with E-state index in [1.807, 2.05) is 0 Å². The first-order valence-corrected chi connectivity index (χ1v) is 7.63. The molecule has 5 heteroatoms. The highest BCUT2D eigenvalue weighted by Crippen LogP contribution is 2.29. The second-order valence-corrected chi connectivity index (χ2v) is 5.34. The van der Waals surface area contributed by atoms with E-state index in [0.717, 1.165) is 18.9 Å². The fraction of sp³-hybridized carbons (Fsp3) is 0.857. The minimum atomic E-state index is 0.465. The number of nitrogens with zero attached hydrogens (tertiary/aromatic N) is 2. The zero-order valence-corrected chi connectivity index (χ0v) is 12.1. The number of aromatic nitrogens is 2. The zero-order valence-electron chi connectivity index (χ0n) is 12.1. The van der Waals surface area contributed by atoms with E-state index in [9.17, 15) is 0 Å². The van der Waals surface area contributed by atoms with Gasteiger partial charge in [-0.1, -0.05) is 38.2 Å². The molecule has 108 valence electrons. The highest BCUT2D eigenvalue weighted by molar-refractivity contribution is 5.20. The molecule has 1 aliphatic carbocycles. The summed E-state index contributed by atoms with van der Waals surface area (Å²) in [5.74, 6) is 1.41. The van der Waals surface area contributed by atoms with Crippen molar-refractivity contribution in [3.8, 4) is 0 Å². The molecule has 0 bridgehead atoms. The van der Waals surface area contributed by atoms with Crippen molar-refractivity contribution in [1.82, 2.24) is 15.5 Å². The van der Waals surface area contributed by atoms with Gasteiger partial charge in [-0.15, -0.1) is 5.10 Å². The second kappa shape index (κ2) is 7.48. The van der Waals surface area contributed by atoms with Crippen molar-refractivity contribution >= 4 is 6.01 Å². The van der Waals surface area contributed by atoms with Crippen LogP contribution in [-0.4, -0.2) is 22.8 Å². The Morgan fingerprint density at radius 1 is 1.21 bits per heavy atom. The van der Waals surface area contributed by atoms with Gasteiger partial charge in [0.1, 0.15) is 0 Å². The summed E-state index contributed by atoms with van der Waals surface area (Å²) in [4.78, 5) is 0. The minimum Gasteiger partial charge on any atom is -0.407 e. The predicted molar refractivity (Wildman–Crippen MR) is 76.0 cm³/mol. The van der Waals surface area contributed by atoms with Crippen molar-refractivity contribution in [1.29, 1.82) is 0 Å². The van der Waals surface area contributed by atoms with E-state index < -0.39 is 0 Å². The molecule has 0 saturated heterocycles. The Bertz CT molecular complexity index is 360. The first-order chi connectivity index (χ1) is 9.33. The third-order valence-corrected chi connectivity index (χ3v) is 3.96. The molecule has 1 aromatic heterocycles. The maximum atomic E-state index is 5.61. The average molecular weight is 266 g/mol. The van der Waals surface area contributed by atoms with Gasteiger partial charge in [0.2, 0.25) is 5.89 Å². The fourth-order valence-electron chi connectivity index (χ4n) is 2.86. The van der Waals surface area contributed by atoms with E-state index in [1.54, 1.807) is 0 Å². The first-order valence-electron chi connectivity index (χ1n) is 7.63. The normalized spacial score (nSPS) is 18.4. The largest absolute Gasteiger partial charge is 0.407 e. The quantitative estimate of drug-likeness (QED) is 0.794. The molecule has 1 saturated carbocycles. The molecule has 2 N–H and O–H groups in total. The van der Waals surface area contributed by atoms with Gasteiger partial charge in [0.15, 0.2) is 0 Å². The Morgan fingerprint density at radius 2 is 2.00 bits per heavy atom. The molecule has 0 aromatic carbocycles. The van der Waals surface area contributed by atoms with Crippen LogP contribution in [0.1, 0.15) is 58.3 Å². The summed E-state index contributed by atoms with van der Waals surface area (Å²) in [6.45, 7) is 5.84. The van der Waals surface area contributed by atoms with Gasteiger partial charge < -0.3 is 15.1 Å². The first kappa shape index (κ1) is 14.3. The van der Waals surface area contributed by atoms with Crippen LogP contribution in [0, 0.1) is 5.92 Å².